The number of amides is 3. The summed E-state index contributed by atoms with van der Waals surface area (Å²) in [5.74, 6) is -0.0801. The molecule has 2 N–H and O–H groups in total. The summed E-state index contributed by atoms with van der Waals surface area (Å²) in [6, 6.07) is 15.9. The van der Waals surface area contributed by atoms with E-state index in [0.717, 1.165) is 30.6 Å². The predicted octanol–water partition coefficient (Wildman–Crippen LogP) is 3.49. The molecule has 2 unspecified atom stereocenters. The highest BCUT2D eigenvalue weighted by Crippen LogP contribution is 2.32. The molecule has 0 aromatic heterocycles. The minimum absolute atomic E-state index is 0.0568. The van der Waals surface area contributed by atoms with E-state index >= 15 is 0 Å². The Morgan fingerprint density at radius 1 is 1.03 bits per heavy atom. The van der Waals surface area contributed by atoms with Gasteiger partial charge in [0.05, 0.1) is 0 Å². The molecule has 1 saturated heterocycles. The molecule has 2 aromatic rings. The van der Waals surface area contributed by atoms with Crippen LogP contribution in [0.25, 0.3) is 0 Å². The van der Waals surface area contributed by atoms with Crippen LogP contribution < -0.4 is 15.4 Å². The first-order valence-corrected chi connectivity index (χ1v) is 12.2. The van der Waals surface area contributed by atoms with Crippen molar-refractivity contribution in [2.45, 2.75) is 76.2 Å². The maximum absolute atomic E-state index is 12.9. The fourth-order valence-corrected chi connectivity index (χ4v) is 5.39. The van der Waals surface area contributed by atoms with Gasteiger partial charge in [-0.05, 0) is 61.9 Å². The van der Waals surface area contributed by atoms with Gasteiger partial charge >= 0.3 is 0 Å². The smallest absolute Gasteiger partial charge is 0.255 e. The molecule has 178 valence electrons. The third-order valence-electron chi connectivity index (χ3n) is 7.25. The molecule has 1 aliphatic carbocycles. The standard InChI is InChI=1S/C27H31N3O4/c1-17(18-7-3-2-4-8-18)28-22-9-5-6-10-24(22)34-20-11-12-21-19(15-20)16-30(27(21)33)23-13-14-25(31)29-26(23)32/h2-4,7-8,11-12,15,17,22-24,28H,5-6,9-10,13-14,16H2,1H3,(H,29,31,32)/t17?,22-,23?,24-/m0/s1. The van der Waals surface area contributed by atoms with E-state index in [-0.39, 0.29) is 36.4 Å². The highest BCUT2D eigenvalue weighted by atomic mass is 16.5. The van der Waals surface area contributed by atoms with Gasteiger partial charge < -0.3 is 15.0 Å². The molecule has 4 atom stereocenters. The van der Waals surface area contributed by atoms with Crippen LogP contribution in [0.1, 0.15) is 73.0 Å². The Morgan fingerprint density at radius 3 is 2.62 bits per heavy atom. The molecule has 7 nitrogen and oxygen atoms in total. The summed E-state index contributed by atoms with van der Waals surface area (Å²) in [7, 11) is 0. The molecule has 2 aromatic carbocycles. The van der Waals surface area contributed by atoms with Crippen LogP contribution >= 0.6 is 0 Å². The average Bonchev–Trinajstić information content (AvgIpc) is 3.16. The number of nitrogens with zero attached hydrogens (tertiary/aromatic N) is 1. The highest BCUT2D eigenvalue weighted by Gasteiger charge is 2.39. The van der Waals surface area contributed by atoms with Gasteiger partial charge in [0.15, 0.2) is 0 Å². The Kier molecular flexibility index (Phi) is 6.37. The van der Waals surface area contributed by atoms with Gasteiger partial charge in [0.2, 0.25) is 11.8 Å². The van der Waals surface area contributed by atoms with Gasteiger partial charge in [0, 0.05) is 30.6 Å². The van der Waals surface area contributed by atoms with E-state index in [2.05, 4.69) is 41.8 Å². The molecule has 5 rings (SSSR count). The lowest BCUT2D eigenvalue weighted by molar-refractivity contribution is -0.136. The molecule has 34 heavy (non-hydrogen) atoms. The Bertz CT molecular complexity index is 1090. The number of carbonyl (C=O) groups excluding carboxylic acids is 3. The van der Waals surface area contributed by atoms with Crippen LogP contribution in [-0.2, 0) is 16.1 Å². The molecule has 3 aliphatic rings. The lowest BCUT2D eigenvalue weighted by Crippen LogP contribution is -2.52. The second-order valence-corrected chi connectivity index (χ2v) is 9.57. The number of hydrogen-bond donors (Lipinski definition) is 2. The third-order valence-corrected chi connectivity index (χ3v) is 7.25. The summed E-state index contributed by atoms with van der Waals surface area (Å²) in [6.45, 7) is 2.54. The van der Waals surface area contributed by atoms with Crippen molar-refractivity contribution in [3.8, 4) is 5.75 Å². The van der Waals surface area contributed by atoms with Crippen molar-refractivity contribution in [3.05, 3.63) is 65.2 Å². The Balaban J connectivity index is 1.27. The normalized spacial score (nSPS) is 25.6. The molecule has 2 heterocycles. The fraction of sp³-hybridized carbons (Fsp3) is 0.444. The van der Waals surface area contributed by atoms with Gasteiger partial charge in [-0.2, -0.15) is 0 Å². The predicted molar refractivity (Wildman–Crippen MR) is 127 cm³/mol. The lowest BCUT2D eigenvalue weighted by atomic mass is 9.91. The molecule has 3 amide bonds. The van der Waals surface area contributed by atoms with Crippen LogP contribution in [0.4, 0.5) is 0 Å². The van der Waals surface area contributed by atoms with Crippen molar-refractivity contribution in [3.63, 3.8) is 0 Å². The fourth-order valence-electron chi connectivity index (χ4n) is 5.39. The van der Waals surface area contributed by atoms with Crippen molar-refractivity contribution in [1.82, 2.24) is 15.5 Å². The Hall–Kier alpha value is -3.19. The molecule has 7 heteroatoms. The van der Waals surface area contributed by atoms with E-state index in [0.29, 0.717) is 18.5 Å². The lowest BCUT2D eigenvalue weighted by Gasteiger charge is -2.34. The number of rotatable bonds is 6. The number of carbonyl (C=O) groups is 3. The number of nitrogens with one attached hydrogen (secondary N) is 2. The summed E-state index contributed by atoms with van der Waals surface area (Å²) in [5, 5.41) is 6.11. The third kappa shape index (κ3) is 4.57. The van der Waals surface area contributed by atoms with E-state index in [4.69, 9.17) is 4.74 Å². The van der Waals surface area contributed by atoms with Gasteiger partial charge in [-0.1, -0.05) is 36.8 Å². The van der Waals surface area contributed by atoms with Crippen LogP contribution in [0, 0.1) is 0 Å². The summed E-state index contributed by atoms with van der Waals surface area (Å²) < 4.78 is 6.46. The quantitative estimate of drug-likeness (QED) is 0.643. The topological polar surface area (TPSA) is 87.7 Å². The first-order valence-electron chi connectivity index (χ1n) is 12.2. The van der Waals surface area contributed by atoms with Crippen LogP contribution in [0.2, 0.25) is 0 Å². The number of imide groups is 1. The molecule has 1 saturated carbocycles. The number of fused-ring (bicyclic) bond motifs is 1. The van der Waals surface area contributed by atoms with Crippen molar-refractivity contribution in [2.24, 2.45) is 0 Å². The first kappa shape index (κ1) is 22.6. The van der Waals surface area contributed by atoms with E-state index in [9.17, 15) is 14.4 Å². The van der Waals surface area contributed by atoms with E-state index in [1.165, 1.54) is 12.0 Å². The second kappa shape index (κ2) is 9.58. The zero-order valence-corrected chi connectivity index (χ0v) is 19.5. The first-order chi connectivity index (χ1) is 16.5. The number of hydrogen-bond acceptors (Lipinski definition) is 5. The maximum atomic E-state index is 12.9. The molecular formula is C27H31N3O4. The summed E-state index contributed by atoms with van der Waals surface area (Å²) in [4.78, 5) is 38.3. The minimum Gasteiger partial charge on any atom is -0.489 e. The SMILES string of the molecule is CC(N[C@H]1CCCC[C@@H]1Oc1ccc2c(c1)CN(C1CCC(=O)NC1=O)C2=O)c1ccccc1. The average molecular weight is 462 g/mol. The number of ether oxygens (including phenoxy) is 1. The van der Waals surface area contributed by atoms with E-state index < -0.39 is 11.9 Å². The molecule has 2 aliphatic heterocycles. The van der Waals surface area contributed by atoms with Gasteiger partial charge in [0.25, 0.3) is 5.91 Å². The molecule has 2 fully saturated rings. The van der Waals surface area contributed by atoms with Crippen molar-refractivity contribution in [2.75, 3.05) is 0 Å². The minimum atomic E-state index is -0.603. The molecule has 0 radical (unpaired) electrons. The van der Waals surface area contributed by atoms with Crippen molar-refractivity contribution < 1.29 is 19.1 Å². The number of benzene rings is 2. The van der Waals surface area contributed by atoms with Crippen LogP contribution in [0.3, 0.4) is 0 Å². The van der Waals surface area contributed by atoms with Crippen molar-refractivity contribution in [1.29, 1.82) is 0 Å². The van der Waals surface area contributed by atoms with Crippen LogP contribution in [-0.4, -0.2) is 40.8 Å². The van der Waals surface area contributed by atoms with E-state index in [1.54, 1.807) is 11.0 Å². The number of piperidine rings is 1. The molecular weight excluding hydrogens is 430 g/mol. The monoisotopic (exact) mass is 461 g/mol. The second-order valence-electron chi connectivity index (χ2n) is 9.57. The summed E-state index contributed by atoms with van der Waals surface area (Å²) >= 11 is 0. The van der Waals surface area contributed by atoms with Crippen LogP contribution in [0.5, 0.6) is 5.75 Å². The Morgan fingerprint density at radius 2 is 1.82 bits per heavy atom. The zero-order valence-electron chi connectivity index (χ0n) is 19.5. The largest absolute Gasteiger partial charge is 0.489 e. The van der Waals surface area contributed by atoms with Gasteiger partial charge in [0.1, 0.15) is 17.9 Å². The van der Waals surface area contributed by atoms with Crippen LogP contribution in [0.15, 0.2) is 48.5 Å². The molecule has 0 bridgehead atoms. The van der Waals surface area contributed by atoms with Gasteiger partial charge in [-0.15, -0.1) is 0 Å². The zero-order chi connectivity index (χ0) is 23.7. The molecule has 0 spiro atoms. The van der Waals surface area contributed by atoms with Crippen molar-refractivity contribution >= 4 is 17.7 Å². The Labute approximate surface area is 199 Å². The summed E-state index contributed by atoms with van der Waals surface area (Å²) in [5.41, 5.74) is 2.73. The summed E-state index contributed by atoms with van der Waals surface area (Å²) in [6.07, 6.45) is 5.03. The van der Waals surface area contributed by atoms with Gasteiger partial charge in [-0.3, -0.25) is 19.7 Å². The maximum Gasteiger partial charge on any atom is 0.255 e. The van der Waals surface area contributed by atoms with E-state index in [1.807, 2.05) is 18.2 Å². The highest BCUT2D eigenvalue weighted by molar-refractivity contribution is 6.05. The van der Waals surface area contributed by atoms with Gasteiger partial charge in [-0.25, -0.2) is 0 Å².